The number of carbonyl (C=O) groups excluding carboxylic acids is 1. The number of amides is 1. The molecule has 5 heteroatoms. The molecule has 0 saturated heterocycles. The van der Waals surface area contributed by atoms with Crippen molar-refractivity contribution in [3.63, 3.8) is 0 Å². The first-order valence-electron chi connectivity index (χ1n) is 5.92. The van der Waals surface area contributed by atoms with E-state index in [2.05, 4.69) is 5.32 Å². The van der Waals surface area contributed by atoms with Crippen molar-refractivity contribution in [1.82, 2.24) is 0 Å². The molecule has 1 amide bonds. The molecule has 100 valence electrons. The molecule has 0 aliphatic rings. The highest BCUT2D eigenvalue weighted by molar-refractivity contribution is 7.14. The summed E-state index contributed by atoms with van der Waals surface area (Å²) in [6.45, 7) is 1.91. The number of nitrogens with two attached hydrogens (primary N) is 1. The van der Waals surface area contributed by atoms with E-state index in [9.17, 15) is 4.79 Å². The number of benzene rings is 1. The number of nitrogen functional groups attached to an aromatic ring is 1. The van der Waals surface area contributed by atoms with E-state index in [1.54, 1.807) is 6.07 Å². The van der Waals surface area contributed by atoms with Crippen molar-refractivity contribution in [3.05, 3.63) is 40.1 Å². The number of carbonyl (C=O) groups is 1. The molecule has 3 N–H and O–H groups in total. The van der Waals surface area contributed by atoms with Crippen LogP contribution in [0.2, 0.25) is 0 Å². The van der Waals surface area contributed by atoms with Crippen LogP contribution in [0, 0.1) is 6.92 Å². The lowest BCUT2D eigenvalue weighted by atomic mass is 10.2. The first-order valence-corrected chi connectivity index (χ1v) is 6.73. The quantitative estimate of drug-likeness (QED) is 0.905. The molecular formula is C14H17N3OS. The zero-order chi connectivity index (χ0) is 14.0. The molecule has 2 aromatic rings. The minimum absolute atomic E-state index is 0.124. The van der Waals surface area contributed by atoms with Gasteiger partial charge in [0.2, 0.25) is 0 Å². The molecule has 19 heavy (non-hydrogen) atoms. The number of hydrogen-bond acceptors (Lipinski definition) is 4. The van der Waals surface area contributed by atoms with Crippen molar-refractivity contribution in [2.45, 2.75) is 6.92 Å². The number of nitrogens with one attached hydrogen (secondary N) is 1. The lowest BCUT2D eigenvalue weighted by molar-refractivity contribution is 0.103. The van der Waals surface area contributed by atoms with Gasteiger partial charge in [-0.25, -0.2) is 0 Å². The minimum atomic E-state index is -0.124. The molecule has 2 rings (SSSR count). The molecule has 0 unspecified atom stereocenters. The Labute approximate surface area is 116 Å². The van der Waals surface area contributed by atoms with Crippen LogP contribution in [-0.4, -0.2) is 20.0 Å². The van der Waals surface area contributed by atoms with Crippen molar-refractivity contribution in [3.8, 4) is 0 Å². The second-order valence-electron chi connectivity index (χ2n) is 4.52. The SMILES string of the molecule is Cc1sc(C(=O)Nc2cccc(N(C)C)c2)cc1N. The average molecular weight is 275 g/mol. The Hall–Kier alpha value is -2.01. The third-order valence-corrected chi connectivity index (χ3v) is 3.87. The molecule has 1 aromatic carbocycles. The van der Waals surface area contributed by atoms with Crippen LogP contribution in [0.4, 0.5) is 17.1 Å². The number of hydrogen-bond donors (Lipinski definition) is 2. The van der Waals surface area contributed by atoms with Crippen molar-refractivity contribution < 1.29 is 4.79 Å². The molecule has 4 nitrogen and oxygen atoms in total. The van der Waals surface area contributed by atoms with E-state index in [4.69, 9.17) is 5.73 Å². The van der Waals surface area contributed by atoms with Crippen LogP contribution in [0.5, 0.6) is 0 Å². The highest BCUT2D eigenvalue weighted by Gasteiger charge is 2.11. The fraction of sp³-hybridized carbons (Fsp3) is 0.214. The Morgan fingerprint density at radius 3 is 2.63 bits per heavy atom. The van der Waals surface area contributed by atoms with Crippen molar-refractivity contribution in [1.29, 1.82) is 0 Å². The first-order chi connectivity index (χ1) is 8.97. The number of rotatable bonds is 3. The maximum absolute atomic E-state index is 12.1. The Balaban J connectivity index is 2.17. The van der Waals surface area contributed by atoms with Gasteiger partial charge in [-0.05, 0) is 31.2 Å². The molecule has 0 bridgehead atoms. The molecule has 0 saturated carbocycles. The molecule has 0 fully saturated rings. The van der Waals surface area contributed by atoms with Crippen molar-refractivity contribution in [2.24, 2.45) is 0 Å². The fourth-order valence-electron chi connectivity index (χ4n) is 1.66. The zero-order valence-corrected chi connectivity index (χ0v) is 12.0. The molecule has 0 radical (unpaired) electrons. The third kappa shape index (κ3) is 3.06. The third-order valence-electron chi connectivity index (χ3n) is 2.80. The number of aryl methyl sites for hydroxylation is 1. The van der Waals surface area contributed by atoms with E-state index in [0.717, 1.165) is 16.3 Å². The van der Waals surface area contributed by atoms with E-state index in [0.29, 0.717) is 10.6 Å². The molecule has 1 heterocycles. The molecule has 0 aliphatic heterocycles. The van der Waals surface area contributed by atoms with E-state index in [1.807, 2.05) is 50.2 Å². The highest BCUT2D eigenvalue weighted by Crippen LogP contribution is 2.25. The molecule has 0 atom stereocenters. The van der Waals surface area contributed by atoms with E-state index >= 15 is 0 Å². The van der Waals surface area contributed by atoms with Gasteiger partial charge in [0.1, 0.15) is 0 Å². The number of anilines is 3. The van der Waals surface area contributed by atoms with Gasteiger partial charge in [-0.15, -0.1) is 11.3 Å². The van der Waals surface area contributed by atoms with Gasteiger partial charge < -0.3 is 16.0 Å². The predicted octanol–water partition coefficient (Wildman–Crippen LogP) is 2.96. The maximum atomic E-state index is 12.1. The number of thiophene rings is 1. The second kappa shape index (κ2) is 5.32. The van der Waals surface area contributed by atoms with Crippen LogP contribution in [0.1, 0.15) is 14.5 Å². The molecular weight excluding hydrogens is 258 g/mol. The van der Waals surface area contributed by atoms with Crippen molar-refractivity contribution >= 4 is 34.3 Å². The van der Waals surface area contributed by atoms with Gasteiger partial charge in [0.25, 0.3) is 5.91 Å². The average Bonchev–Trinajstić information content (AvgIpc) is 2.70. The monoisotopic (exact) mass is 275 g/mol. The van der Waals surface area contributed by atoms with E-state index in [1.165, 1.54) is 11.3 Å². The summed E-state index contributed by atoms with van der Waals surface area (Å²) >= 11 is 1.40. The normalized spacial score (nSPS) is 10.3. The van der Waals surface area contributed by atoms with E-state index in [-0.39, 0.29) is 5.91 Å². The van der Waals surface area contributed by atoms with Gasteiger partial charge in [0, 0.05) is 36.0 Å². The van der Waals surface area contributed by atoms with Crippen LogP contribution in [0.15, 0.2) is 30.3 Å². The summed E-state index contributed by atoms with van der Waals surface area (Å²) in [7, 11) is 3.93. The van der Waals surface area contributed by atoms with Crippen molar-refractivity contribution in [2.75, 3.05) is 30.0 Å². The zero-order valence-electron chi connectivity index (χ0n) is 11.2. The Morgan fingerprint density at radius 1 is 1.32 bits per heavy atom. The van der Waals surface area contributed by atoms with E-state index < -0.39 is 0 Å². The summed E-state index contributed by atoms with van der Waals surface area (Å²) in [5, 5.41) is 2.88. The standard InChI is InChI=1S/C14H17N3OS/c1-9-12(15)8-13(19-9)14(18)16-10-5-4-6-11(7-10)17(2)3/h4-8H,15H2,1-3H3,(H,16,18). The van der Waals surface area contributed by atoms with Crippen LogP contribution >= 0.6 is 11.3 Å². The first kappa shape index (κ1) is 13.4. The molecule has 0 spiro atoms. The lowest BCUT2D eigenvalue weighted by Crippen LogP contribution is -2.12. The van der Waals surface area contributed by atoms with Gasteiger partial charge in [-0.3, -0.25) is 4.79 Å². The molecule has 1 aromatic heterocycles. The van der Waals surface area contributed by atoms with Gasteiger partial charge in [0.05, 0.1) is 4.88 Å². The van der Waals surface area contributed by atoms with Crippen LogP contribution in [0.3, 0.4) is 0 Å². The van der Waals surface area contributed by atoms with Gasteiger partial charge in [-0.2, -0.15) is 0 Å². The lowest BCUT2D eigenvalue weighted by Gasteiger charge is -2.13. The van der Waals surface area contributed by atoms with Gasteiger partial charge in [0.15, 0.2) is 0 Å². The highest BCUT2D eigenvalue weighted by atomic mass is 32.1. The van der Waals surface area contributed by atoms with Crippen LogP contribution in [0.25, 0.3) is 0 Å². The topological polar surface area (TPSA) is 58.4 Å². The summed E-state index contributed by atoms with van der Waals surface area (Å²) in [6.07, 6.45) is 0. The Kier molecular flexibility index (Phi) is 3.76. The smallest absolute Gasteiger partial charge is 0.265 e. The largest absolute Gasteiger partial charge is 0.398 e. The summed E-state index contributed by atoms with van der Waals surface area (Å²) in [4.78, 5) is 15.7. The summed E-state index contributed by atoms with van der Waals surface area (Å²) in [5.74, 6) is -0.124. The minimum Gasteiger partial charge on any atom is -0.398 e. The van der Waals surface area contributed by atoms with Gasteiger partial charge in [-0.1, -0.05) is 6.07 Å². The Bertz CT molecular complexity index is 585. The maximum Gasteiger partial charge on any atom is 0.265 e. The number of nitrogens with zero attached hydrogens (tertiary/aromatic N) is 1. The Morgan fingerprint density at radius 2 is 2.05 bits per heavy atom. The fourth-order valence-corrected chi connectivity index (χ4v) is 2.50. The predicted molar refractivity (Wildman–Crippen MR) is 82.2 cm³/mol. The second-order valence-corrected chi connectivity index (χ2v) is 5.78. The summed E-state index contributed by atoms with van der Waals surface area (Å²) < 4.78 is 0. The van der Waals surface area contributed by atoms with Crippen LogP contribution in [-0.2, 0) is 0 Å². The van der Waals surface area contributed by atoms with Gasteiger partial charge >= 0.3 is 0 Å². The molecule has 0 aliphatic carbocycles. The summed E-state index contributed by atoms with van der Waals surface area (Å²) in [6, 6.07) is 9.42. The summed E-state index contributed by atoms with van der Waals surface area (Å²) in [5.41, 5.74) is 8.24. The van der Waals surface area contributed by atoms with Crippen LogP contribution < -0.4 is 16.0 Å².